The lowest BCUT2D eigenvalue weighted by atomic mass is 9.80. The number of aliphatic hydroxyl groups excluding tert-OH is 1. The molecule has 1 saturated carbocycles. The minimum Gasteiger partial charge on any atom is -0.509 e. The minimum atomic E-state index is -0.584. The average Bonchev–Trinajstić information content (AvgIpc) is 2.77. The molecule has 3 nitrogen and oxygen atoms in total. The van der Waals surface area contributed by atoms with Crippen LogP contribution < -0.4 is 0 Å². The molecular formula is C18H23ClO3. The van der Waals surface area contributed by atoms with Crippen LogP contribution >= 0.6 is 11.6 Å². The zero-order chi connectivity index (χ0) is 15.7. The Morgan fingerprint density at radius 1 is 1.45 bits per heavy atom. The number of benzene rings is 1. The van der Waals surface area contributed by atoms with E-state index < -0.39 is 5.60 Å². The number of aryl methyl sites for hydroxylation is 1. The molecule has 120 valence electrons. The van der Waals surface area contributed by atoms with E-state index in [1.54, 1.807) is 0 Å². The molecule has 1 spiro atoms. The minimum absolute atomic E-state index is 0.160. The maximum Gasteiger partial charge on any atom is 0.130 e. The summed E-state index contributed by atoms with van der Waals surface area (Å²) in [6.07, 6.45) is 3.76. The molecule has 1 heterocycles. The topological polar surface area (TPSA) is 38.7 Å². The summed E-state index contributed by atoms with van der Waals surface area (Å²) in [6.45, 7) is 5.12. The summed E-state index contributed by atoms with van der Waals surface area (Å²) >= 11 is 6.36. The van der Waals surface area contributed by atoms with Gasteiger partial charge in [0.2, 0.25) is 0 Å². The SMILES string of the molecule is CCOC1CCCC2(C1)OCC(c1c(C)cccc1Cl)=C2O. The highest BCUT2D eigenvalue weighted by molar-refractivity contribution is 6.32. The second kappa shape index (κ2) is 6.23. The van der Waals surface area contributed by atoms with Crippen molar-refractivity contribution in [2.75, 3.05) is 13.2 Å². The molecule has 0 bridgehead atoms. The lowest BCUT2D eigenvalue weighted by molar-refractivity contribution is -0.0851. The van der Waals surface area contributed by atoms with Gasteiger partial charge in [0.25, 0.3) is 0 Å². The second-order valence-corrected chi connectivity index (χ2v) is 6.62. The average molecular weight is 323 g/mol. The molecule has 1 aliphatic heterocycles. The van der Waals surface area contributed by atoms with Crippen LogP contribution in [0.3, 0.4) is 0 Å². The third kappa shape index (κ3) is 2.66. The van der Waals surface area contributed by atoms with Gasteiger partial charge in [-0.3, -0.25) is 0 Å². The highest BCUT2D eigenvalue weighted by Crippen LogP contribution is 2.46. The fraction of sp³-hybridized carbons (Fsp3) is 0.556. The molecule has 0 aromatic heterocycles. The van der Waals surface area contributed by atoms with Crippen LogP contribution in [-0.2, 0) is 9.47 Å². The van der Waals surface area contributed by atoms with Crippen molar-refractivity contribution < 1.29 is 14.6 Å². The molecule has 0 saturated heterocycles. The first-order chi connectivity index (χ1) is 10.6. The Morgan fingerprint density at radius 3 is 3.00 bits per heavy atom. The van der Waals surface area contributed by atoms with Gasteiger partial charge in [-0.25, -0.2) is 0 Å². The van der Waals surface area contributed by atoms with E-state index in [1.807, 2.05) is 32.0 Å². The van der Waals surface area contributed by atoms with Crippen LogP contribution in [0.5, 0.6) is 0 Å². The molecule has 22 heavy (non-hydrogen) atoms. The lowest BCUT2D eigenvalue weighted by Gasteiger charge is -2.37. The quantitative estimate of drug-likeness (QED) is 0.879. The van der Waals surface area contributed by atoms with Crippen LogP contribution in [0.1, 0.15) is 43.7 Å². The van der Waals surface area contributed by atoms with Crippen LogP contribution in [0.4, 0.5) is 0 Å². The summed E-state index contributed by atoms with van der Waals surface area (Å²) in [5, 5.41) is 11.6. The number of aliphatic hydroxyl groups is 1. The zero-order valence-corrected chi connectivity index (χ0v) is 13.9. The largest absolute Gasteiger partial charge is 0.509 e. The molecule has 3 rings (SSSR count). The fourth-order valence-corrected chi connectivity index (χ4v) is 4.07. The van der Waals surface area contributed by atoms with Gasteiger partial charge in [0.05, 0.1) is 12.7 Å². The van der Waals surface area contributed by atoms with Crippen molar-refractivity contribution in [2.45, 2.75) is 51.2 Å². The highest BCUT2D eigenvalue weighted by atomic mass is 35.5. The molecule has 0 radical (unpaired) electrons. The first kappa shape index (κ1) is 15.9. The van der Waals surface area contributed by atoms with Gasteiger partial charge in [-0.15, -0.1) is 0 Å². The van der Waals surface area contributed by atoms with Crippen LogP contribution in [-0.4, -0.2) is 30.0 Å². The van der Waals surface area contributed by atoms with E-state index in [4.69, 9.17) is 21.1 Å². The third-order valence-corrected chi connectivity index (χ3v) is 5.12. The summed E-state index contributed by atoms with van der Waals surface area (Å²) in [5.41, 5.74) is 2.23. The monoisotopic (exact) mass is 322 g/mol. The zero-order valence-electron chi connectivity index (χ0n) is 13.2. The van der Waals surface area contributed by atoms with Crippen LogP contribution in [0, 0.1) is 6.92 Å². The summed E-state index contributed by atoms with van der Waals surface area (Å²) < 4.78 is 11.9. The molecule has 1 aromatic carbocycles. The molecule has 2 atom stereocenters. The van der Waals surface area contributed by atoms with Gasteiger partial charge in [0, 0.05) is 29.2 Å². The molecule has 2 aliphatic rings. The number of hydrogen-bond donors (Lipinski definition) is 1. The number of rotatable bonds is 3. The number of halogens is 1. The van der Waals surface area contributed by atoms with Crippen molar-refractivity contribution in [3.63, 3.8) is 0 Å². The van der Waals surface area contributed by atoms with E-state index in [2.05, 4.69) is 0 Å². The van der Waals surface area contributed by atoms with E-state index in [0.717, 1.165) is 42.4 Å². The third-order valence-electron chi connectivity index (χ3n) is 4.80. The molecule has 1 N–H and O–H groups in total. The van der Waals surface area contributed by atoms with E-state index in [0.29, 0.717) is 24.0 Å². The summed E-state index contributed by atoms with van der Waals surface area (Å²) in [4.78, 5) is 0. The van der Waals surface area contributed by atoms with Gasteiger partial charge in [0.1, 0.15) is 11.4 Å². The predicted octanol–water partition coefficient (Wildman–Crippen LogP) is 4.67. The Hall–Kier alpha value is -1.03. The Bertz CT molecular complexity index is 574. The van der Waals surface area contributed by atoms with Crippen molar-refractivity contribution in [3.05, 3.63) is 40.1 Å². The summed E-state index contributed by atoms with van der Waals surface area (Å²) in [6, 6.07) is 5.80. The predicted molar refractivity (Wildman–Crippen MR) is 88.3 cm³/mol. The maximum atomic E-state index is 10.9. The first-order valence-electron chi connectivity index (χ1n) is 8.01. The summed E-state index contributed by atoms with van der Waals surface area (Å²) in [7, 11) is 0. The normalized spacial score (nSPS) is 28.6. The van der Waals surface area contributed by atoms with E-state index >= 15 is 0 Å². The van der Waals surface area contributed by atoms with Crippen LogP contribution in [0.2, 0.25) is 5.02 Å². The van der Waals surface area contributed by atoms with Crippen molar-refractivity contribution >= 4 is 17.2 Å². The van der Waals surface area contributed by atoms with Gasteiger partial charge in [0.15, 0.2) is 0 Å². The van der Waals surface area contributed by atoms with Crippen molar-refractivity contribution in [1.82, 2.24) is 0 Å². The number of ether oxygens (including phenoxy) is 2. The molecular weight excluding hydrogens is 300 g/mol. The van der Waals surface area contributed by atoms with Crippen LogP contribution in [0.15, 0.2) is 24.0 Å². The fourth-order valence-electron chi connectivity index (χ4n) is 3.74. The highest BCUT2D eigenvalue weighted by Gasteiger charge is 2.47. The lowest BCUT2D eigenvalue weighted by Crippen LogP contribution is -2.40. The Labute approximate surface area is 136 Å². The summed E-state index contributed by atoms with van der Waals surface area (Å²) in [5.74, 6) is 0.355. The molecule has 0 amide bonds. The van der Waals surface area contributed by atoms with Crippen LogP contribution in [0.25, 0.3) is 5.57 Å². The smallest absolute Gasteiger partial charge is 0.130 e. The Balaban J connectivity index is 1.96. The number of hydrogen-bond acceptors (Lipinski definition) is 3. The van der Waals surface area contributed by atoms with Gasteiger partial charge in [-0.1, -0.05) is 23.7 Å². The van der Waals surface area contributed by atoms with E-state index in [-0.39, 0.29) is 6.10 Å². The molecule has 1 fully saturated rings. The van der Waals surface area contributed by atoms with Crippen molar-refractivity contribution in [2.24, 2.45) is 0 Å². The van der Waals surface area contributed by atoms with Gasteiger partial charge >= 0.3 is 0 Å². The van der Waals surface area contributed by atoms with Crippen molar-refractivity contribution in [3.8, 4) is 0 Å². The molecule has 1 aromatic rings. The standard InChI is InChI=1S/C18H23ClO3/c1-3-21-13-7-5-9-18(10-13)17(20)14(11-22-18)16-12(2)6-4-8-15(16)19/h4,6,8,13,20H,3,5,7,9-11H2,1-2H3. The Morgan fingerprint density at radius 2 is 2.27 bits per heavy atom. The first-order valence-corrected chi connectivity index (χ1v) is 8.39. The second-order valence-electron chi connectivity index (χ2n) is 6.22. The molecule has 1 aliphatic carbocycles. The Kier molecular flexibility index (Phi) is 4.49. The van der Waals surface area contributed by atoms with E-state index in [1.165, 1.54) is 0 Å². The van der Waals surface area contributed by atoms with Gasteiger partial charge in [-0.05, 0) is 44.7 Å². The van der Waals surface area contributed by atoms with Crippen molar-refractivity contribution in [1.29, 1.82) is 0 Å². The van der Waals surface area contributed by atoms with Gasteiger partial charge in [-0.2, -0.15) is 0 Å². The maximum absolute atomic E-state index is 10.9. The molecule has 2 unspecified atom stereocenters. The molecule has 4 heteroatoms. The van der Waals surface area contributed by atoms with Gasteiger partial charge < -0.3 is 14.6 Å². The van der Waals surface area contributed by atoms with E-state index in [9.17, 15) is 5.11 Å².